The summed E-state index contributed by atoms with van der Waals surface area (Å²) < 4.78 is 38.0. The summed E-state index contributed by atoms with van der Waals surface area (Å²) in [5, 5.41) is 0.426. The van der Waals surface area contributed by atoms with Crippen molar-refractivity contribution in [1.29, 1.82) is 0 Å². The summed E-state index contributed by atoms with van der Waals surface area (Å²) in [5.74, 6) is 0.228. The molecule has 1 amide bonds. The first-order valence-electron chi connectivity index (χ1n) is 8.86. The molecular weight excluding hydrogens is 441 g/mol. The monoisotopic (exact) mass is 463 g/mol. The van der Waals surface area contributed by atoms with Gasteiger partial charge < -0.3 is 19.2 Å². The molecule has 0 atom stereocenters. The number of carbonyl (C=O) groups is 1. The number of hydrogen-bond acceptors (Lipinski definition) is 6. The summed E-state index contributed by atoms with van der Waals surface area (Å²) in [6, 6.07) is 3.93. The van der Waals surface area contributed by atoms with Gasteiger partial charge in [0.1, 0.15) is 18.2 Å². The zero-order valence-corrected chi connectivity index (χ0v) is 18.8. The number of nitrogens with zero attached hydrogens (tertiary/aromatic N) is 2. The Morgan fingerprint density at radius 2 is 1.76 bits per heavy atom. The van der Waals surface area contributed by atoms with E-state index < -0.39 is 16.2 Å². The van der Waals surface area contributed by atoms with Gasteiger partial charge in [-0.1, -0.05) is 37.0 Å². The van der Waals surface area contributed by atoms with Crippen molar-refractivity contribution in [2.24, 2.45) is 5.73 Å². The van der Waals surface area contributed by atoms with Crippen molar-refractivity contribution < 1.29 is 22.1 Å². The molecular formula is C18H23Cl2N3O5S. The lowest BCUT2D eigenvalue weighted by atomic mass is 10.1. The summed E-state index contributed by atoms with van der Waals surface area (Å²) in [6.45, 7) is 7.26. The number of rotatable bonds is 8. The first-order valence-corrected chi connectivity index (χ1v) is 11.0. The normalized spacial score (nSPS) is 11.9. The molecule has 0 saturated carbocycles. The van der Waals surface area contributed by atoms with E-state index in [9.17, 15) is 13.2 Å². The van der Waals surface area contributed by atoms with Crippen molar-refractivity contribution in [3.05, 3.63) is 39.8 Å². The smallest absolute Gasteiger partial charge is 0.404 e. The summed E-state index contributed by atoms with van der Waals surface area (Å²) in [4.78, 5) is 15.3. The molecule has 1 heterocycles. The molecule has 2 rings (SSSR count). The van der Waals surface area contributed by atoms with Crippen LogP contribution in [0.4, 0.5) is 4.79 Å². The Hall–Kier alpha value is -1.97. The highest BCUT2D eigenvalue weighted by Gasteiger charge is 2.32. The van der Waals surface area contributed by atoms with Crippen LogP contribution in [0.5, 0.6) is 5.75 Å². The Balaban J connectivity index is 2.55. The topological polar surface area (TPSA) is 114 Å². The maximum Gasteiger partial charge on any atom is 0.404 e. The van der Waals surface area contributed by atoms with Gasteiger partial charge in [-0.05, 0) is 25.8 Å². The molecule has 0 bridgehead atoms. The molecule has 1 aromatic carbocycles. The molecule has 1 aromatic heterocycles. The summed E-state index contributed by atoms with van der Waals surface area (Å²) >= 11 is 11.9. The Morgan fingerprint density at radius 3 is 2.24 bits per heavy atom. The molecule has 0 aliphatic rings. The van der Waals surface area contributed by atoms with Crippen molar-refractivity contribution in [3.63, 3.8) is 0 Å². The third-order valence-corrected chi connectivity index (χ3v) is 5.61. The highest BCUT2D eigenvalue weighted by molar-refractivity contribution is 7.87. The lowest BCUT2D eigenvalue weighted by Gasteiger charge is -2.17. The van der Waals surface area contributed by atoms with Crippen molar-refractivity contribution in [1.82, 2.24) is 9.55 Å². The van der Waals surface area contributed by atoms with E-state index in [1.807, 2.05) is 27.7 Å². The van der Waals surface area contributed by atoms with Crippen LogP contribution in [0.2, 0.25) is 10.0 Å². The molecule has 0 unspecified atom stereocenters. The van der Waals surface area contributed by atoms with Gasteiger partial charge in [-0.25, -0.2) is 9.78 Å². The lowest BCUT2D eigenvalue weighted by molar-refractivity contribution is 0.157. The Kier molecular flexibility index (Phi) is 7.42. The standard InChI is InChI=1S/C18H23Cl2N3O5S/c1-10(2)16-17(23(11(3)4)15(22-16)5-6-27-18(21)24)29(25,26)28-14-8-12(19)7-13(20)9-14/h7-11H,5-6H2,1-4H3,(H2,21,24). The minimum Gasteiger partial charge on any atom is -0.449 e. The molecule has 2 aromatic rings. The van der Waals surface area contributed by atoms with Crippen LogP contribution in [0.1, 0.15) is 51.2 Å². The second-order valence-electron chi connectivity index (χ2n) is 6.90. The average molecular weight is 464 g/mol. The van der Waals surface area contributed by atoms with Gasteiger partial charge >= 0.3 is 16.2 Å². The number of nitrogens with two attached hydrogens (primary N) is 1. The van der Waals surface area contributed by atoms with Crippen molar-refractivity contribution in [3.8, 4) is 5.75 Å². The summed E-state index contributed by atoms with van der Waals surface area (Å²) in [5.41, 5.74) is 5.34. The average Bonchev–Trinajstić information content (AvgIpc) is 2.94. The minimum absolute atomic E-state index is 0.00711. The molecule has 29 heavy (non-hydrogen) atoms. The zero-order chi connectivity index (χ0) is 21.9. The number of aromatic nitrogens is 2. The number of hydrogen-bond donors (Lipinski definition) is 1. The Morgan fingerprint density at radius 1 is 1.17 bits per heavy atom. The summed E-state index contributed by atoms with van der Waals surface area (Å²) in [7, 11) is -4.27. The van der Waals surface area contributed by atoms with Crippen LogP contribution in [0.25, 0.3) is 0 Å². The zero-order valence-electron chi connectivity index (χ0n) is 16.5. The van der Waals surface area contributed by atoms with E-state index in [1.54, 1.807) is 4.57 Å². The first-order chi connectivity index (χ1) is 13.4. The number of ether oxygens (including phenoxy) is 1. The van der Waals surface area contributed by atoms with Crippen molar-refractivity contribution in [2.75, 3.05) is 6.61 Å². The van der Waals surface area contributed by atoms with E-state index in [2.05, 4.69) is 4.98 Å². The van der Waals surface area contributed by atoms with Crippen LogP contribution >= 0.6 is 23.2 Å². The van der Waals surface area contributed by atoms with Gasteiger partial charge in [0.15, 0.2) is 5.03 Å². The lowest BCUT2D eigenvalue weighted by Crippen LogP contribution is -2.21. The van der Waals surface area contributed by atoms with Gasteiger partial charge in [-0.15, -0.1) is 0 Å². The number of imidazole rings is 1. The molecule has 0 radical (unpaired) electrons. The fraction of sp³-hybridized carbons (Fsp3) is 0.444. The molecule has 8 nitrogen and oxygen atoms in total. The van der Waals surface area contributed by atoms with E-state index in [-0.39, 0.29) is 45.8 Å². The van der Waals surface area contributed by atoms with E-state index in [0.717, 1.165) is 0 Å². The molecule has 0 saturated heterocycles. The van der Waals surface area contributed by atoms with Gasteiger partial charge in [0.2, 0.25) is 0 Å². The van der Waals surface area contributed by atoms with Gasteiger partial charge in [0, 0.05) is 34.6 Å². The van der Waals surface area contributed by atoms with Crippen molar-refractivity contribution in [2.45, 2.75) is 51.1 Å². The van der Waals surface area contributed by atoms with Crippen LogP contribution in [0, 0.1) is 0 Å². The molecule has 2 N–H and O–H groups in total. The van der Waals surface area contributed by atoms with E-state index in [4.69, 9.17) is 37.9 Å². The number of benzene rings is 1. The number of primary amides is 1. The van der Waals surface area contributed by atoms with Crippen molar-refractivity contribution >= 4 is 39.4 Å². The third kappa shape index (κ3) is 5.77. The highest BCUT2D eigenvalue weighted by atomic mass is 35.5. The number of amides is 1. The molecule has 0 spiro atoms. The van der Waals surface area contributed by atoms with E-state index in [1.165, 1.54) is 18.2 Å². The minimum atomic E-state index is -4.27. The van der Waals surface area contributed by atoms with Gasteiger partial charge in [-0.3, -0.25) is 0 Å². The number of carbonyl (C=O) groups excluding carboxylic acids is 1. The molecule has 0 aliphatic carbocycles. The number of halogens is 2. The fourth-order valence-corrected chi connectivity index (χ4v) is 4.83. The molecule has 0 fully saturated rings. The van der Waals surface area contributed by atoms with Crippen LogP contribution < -0.4 is 9.92 Å². The predicted molar refractivity (Wildman–Crippen MR) is 110 cm³/mol. The first kappa shape index (κ1) is 23.3. The maximum atomic E-state index is 13.2. The second kappa shape index (κ2) is 9.23. The molecule has 160 valence electrons. The van der Waals surface area contributed by atoms with Crippen LogP contribution in [-0.2, 0) is 21.3 Å². The Bertz CT molecular complexity index is 983. The largest absolute Gasteiger partial charge is 0.449 e. The van der Waals surface area contributed by atoms with E-state index >= 15 is 0 Å². The van der Waals surface area contributed by atoms with Crippen LogP contribution in [0.3, 0.4) is 0 Å². The van der Waals surface area contributed by atoms with Crippen LogP contribution in [0.15, 0.2) is 23.2 Å². The van der Waals surface area contributed by atoms with Crippen LogP contribution in [-0.4, -0.2) is 30.7 Å². The van der Waals surface area contributed by atoms with Gasteiger partial charge in [0.05, 0.1) is 5.69 Å². The fourth-order valence-electron chi connectivity index (χ4n) is 2.80. The highest BCUT2D eigenvalue weighted by Crippen LogP contribution is 2.32. The Labute approximate surface area is 180 Å². The second-order valence-corrected chi connectivity index (χ2v) is 9.23. The molecule has 11 heteroatoms. The maximum absolute atomic E-state index is 13.2. The molecule has 0 aliphatic heterocycles. The van der Waals surface area contributed by atoms with Gasteiger partial charge in [0.25, 0.3) is 0 Å². The predicted octanol–water partition coefficient (Wildman–Crippen LogP) is 4.30. The van der Waals surface area contributed by atoms with Gasteiger partial charge in [-0.2, -0.15) is 8.42 Å². The summed E-state index contributed by atoms with van der Waals surface area (Å²) in [6.07, 6.45) is -0.718. The quantitative estimate of drug-likeness (QED) is 0.583. The third-order valence-electron chi connectivity index (χ3n) is 3.88. The SMILES string of the molecule is CC(C)c1nc(CCOC(N)=O)n(C(C)C)c1S(=O)(=O)Oc1cc(Cl)cc(Cl)c1. The van der Waals surface area contributed by atoms with E-state index in [0.29, 0.717) is 11.5 Å².